The van der Waals surface area contributed by atoms with Gasteiger partial charge in [0.15, 0.2) is 0 Å². The van der Waals surface area contributed by atoms with Crippen molar-refractivity contribution in [2.45, 2.75) is 35.6 Å². The smallest absolute Gasteiger partial charge is 0.244 e. The molecule has 0 aromatic heterocycles. The molecule has 1 heterocycles. The van der Waals surface area contributed by atoms with Crippen molar-refractivity contribution in [3.8, 4) is 0 Å². The third-order valence-corrected chi connectivity index (χ3v) is 7.27. The van der Waals surface area contributed by atoms with Crippen LogP contribution in [0.25, 0.3) is 0 Å². The summed E-state index contributed by atoms with van der Waals surface area (Å²) in [4.78, 5) is -0.421. The van der Waals surface area contributed by atoms with E-state index in [9.17, 15) is 16.8 Å². The summed E-state index contributed by atoms with van der Waals surface area (Å²) in [5.41, 5.74) is 5.43. The summed E-state index contributed by atoms with van der Waals surface area (Å²) >= 11 is 0. The molecule has 0 spiro atoms. The number of hydrogen-bond acceptors (Lipinski definition) is 5. The predicted molar refractivity (Wildman–Crippen MR) is 83.3 cm³/mol. The molecule has 1 atom stereocenters. The van der Waals surface area contributed by atoms with E-state index in [1.54, 1.807) is 6.92 Å². The second-order valence-corrected chi connectivity index (χ2v) is 8.90. The lowest BCUT2D eigenvalue weighted by molar-refractivity contribution is 0.474. The van der Waals surface area contributed by atoms with E-state index < -0.39 is 26.1 Å². The second kappa shape index (κ2) is 6.63. The Morgan fingerprint density at radius 3 is 2.23 bits per heavy atom. The average Bonchev–Trinajstić information content (AvgIpc) is 3.01. The first-order chi connectivity index (χ1) is 10.3. The Morgan fingerprint density at radius 1 is 1.14 bits per heavy atom. The Bertz CT molecular complexity index is 725. The van der Waals surface area contributed by atoms with Crippen LogP contribution in [0.3, 0.4) is 0 Å². The zero-order valence-electron chi connectivity index (χ0n) is 12.4. The molecule has 9 heteroatoms. The molecule has 0 radical (unpaired) electrons. The maximum atomic E-state index is 12.7. The third-order valence-electron chi connectivity index (χ3n) is 3.53. The molecule has 2 rings (SSSR count). The second-order valence-electron chi connectivity index (χ2n) is 5.32. The molecule has 0 saturated carbocycles. The van der Waals surface area contributed by atoms with Gasteiger partial charge in [-0.3, -0.25) is 0 Å². The number of rotatable bonds is 6. The quantitative estimate of drug-likeness (QED) is 0.758. The van der Waals surface area contributed by atoms with Gasteiger partial charge in [0, 0.05) is 25.7 Å². The van der Waals surface area contributed by atoms with E-state index in [2.05, 4.69) is 4.72 Å². The summed E-state index contributed by atoms with van der Waals surface area (Å²) in [6.45, 7) is 2.59. The summed E-state index contributed by atoms with van der Waals surface area (Å²) in [6, 6.07) is 5.18. The van der Waals surface area contributed by atoms with E-state index in [0.29, 0.717) is 13.1 Å². The third kappa shape index (κ3) is 3.49. The highest BCUT2D eigenvalue weighted by molar-refractivity contribution is 7.92. The van der Waals surface area contributed by atoms with Crippen molar-refractivity contribution in [1.82, 2.24) is 9.03 Å². The van der Waals surface area contributed by atoms with Gasteiger partial charge in [0.2, 0.25) is 20.0 Å². The molecular weight excluding hydrogens is 326 g/mol. The minimum atomic E-state index is -3.95. The van der Waals surface area contributed by atoms with Gasteiger partial charge in [-0.2, -0.15) is 4.31 Å². The number of nitrogens with zero attached hydrogens (tertiary/aromatic N) is 1. The predicted octanol–water partition coefficient (Wildman–Crippen LogP) is 0.0966. The summed E-state index contributed by atoms with van der Waals surface area (Å²) in [7, 11) is -7.76. The van der Waals surface area contributed by atoms with Gasteiger partial charge in [-0.05, 0) is 31.9 Å². The number of nitrogens with one attached hydrogen (secondary N) is 1. The fourth-order valence-corrected chi connectivity index (χ4v) is 5.91. The summed E-state index contributed by atoms with van der Waals surface area (Å²) in [6.07, 6.45) is 1.58. The molecule has 1 aromatic carbocycles. The Labute approximate surface area is 131 Å². The van der Waals surface area contributed by atoms with Crippen molar-refractivity contribution in [1.29, 1.82) is 0 Å². The van der Waals surface area contributed by atoms with Gasteiger partial charge >= 0.3 is 0 Å². The Kier molecular flexibility index (Phi) is 5.23. The minimum Gasteiger partial charge on any atom is -0.329 e. The molecule has 124 valence electrons. The zero-order valence-corrected chi connectivity index (χ0v) is 14.0. The Balaban J connectivity index is 2.47. The Hall–Kier alpha value is -1.00. The lowest BCUT2D eigenvalue weighted by Crippen LogP contribution is -2.38. The first-order valence-electron chi connectivity index (χ1n) is 7.10. The van der Waals surface area contributed by atoms with Crippen LogP contribution in [0.2, 0.25) is 0 Å². The van der Waals surface area contributed by atoms with E-state index in [4.69, 9.17) is 5.73 Å². The molecule has 7 nitrogen and oxygen atoms in total. The highest BCUT2D eigenvalue weighted by Crippen LogP contribution is 2.26. The van der Waals surface area contributed by atoms with Gasteiger partial charge in [0.1, 0.15) is 9.79 Å². The number of benzene rings is 1. The SMILES string of the molecule is C[C@@H](CN)NS(=O)(=O)c1ccccc1S(=O)(=O)N1CCCC1. The van der Waals surface area contributed by atoms with Crippen LogP contribution in [0.1, 0.15) is 19.8 Å². The monoisotopic (exact) mass is 347 g/mol. The van der Waals surface area contributed by atoms with Crippen molar-refractivity contribution in [2.24, 2.45) is 5.73 Å². The molecule has 3 N–H and O–H groups in total. The van der Waals surface area contributed by atoms with Crippen LogP contribution >= 0.6 is 0 Å². The number of sulfonamides is 2. The fraction of sp³-hybridized carbons (Fsp3) is 0.538. The molecular formula is C13H21N3O4S2. The molecule has 0 bridgehead atoms. The van der Waals surface area contributed by atoms with Crippen LogP contribution in [0.15, 0.2) is 34.1 Å². The molecule has 0 amide bonds. The van der Waals surface area contributed by atoms with Crippen LogP contribution in [0, 0.1) is 0 Å². The molecule has 1 aliphatic heterocycles. The Morgan fingerprint density at radius 2 is 1.68 bits per heavy atom. The first kappa shape index (κ1) is 17.4. The molecule has 0 aliphatic carbocycles. The fourth-order valence-electron chi connectivity index (χ4n) is 2.33. The average molecular weight is 347 g/mol. The molecule has 0 unspecified atom stereocenters. The standard InChI is InChI=1S/C13H21N3O4S2/c1-11(10-14)15-21(17,18)12-6-2-3-7-13(12)22(19,20)16-8-4-5-9-16/h2-3,6-7,11,15H,4-5,8-10,14H2,1H3/t11-/m0/s1. The van der Waals surface area contributed by atoms with Gasteiger partial charge in [0.25, 0.3) is 0 Å². The van der Waals surface area contributed by atoms with Crippen LogP contribution in [0.4, 0.5) is 0 Å². The van der Waals surface area contributed by atoms with Gasteiger partial charge < -0.3 is 5.73 Å². The van der Waals surface area contributed by atoms with Gasteiger partial charge in [-0.1, -0.05) is 12.1 Å². The largest absolute Gasteiger partial charge is 0.329 e. The van der Waals surface area contributed by atoms with Crippen LogP contribution < -0.4 is 10.5 Å². The van der Waals surface area contributed by atoms with Gasteiger partial charge in [0.05, 0.1) is 0 Å². The molecule has 1 saturated heterocycles. The van der Waals surface area contributed by atoms with E-state index in [1.165, 1.54) is 28.6 Å². The lowest BCUT2D eigenvalue weighted by atomic mass is 10.4. The highest BCUT2D eigenvalue weighted by Gasteiger charge is 2.32. The zero-order chi connectivity index (χ0) is 16.4. The summed E-state index contributed by atoms with van der Waals surface area (Å²) < 4.78 is 53.9. The first-order valence-corrected chi connectivity index (χ1v) is 10.0. The molecule has 1 fully saturated rings. The van der Waals surface area contributed by atoms with Crippen molar-refractivity contribution >= 4 is 20.0 Å². The molecule has 1 aromatic rings. The van der Waals surface area contributed by atoms with Crippen LogP contribution in [-0.2, 0) is 20.0 Å². The van der Waals surface area contributed by atoms with Crippen molar-refractivity contribution in [3.05, 3.63) is 24.3 Å². The van der Waals surface area contributed by atoms with Crippen molar-refractivity contribution < 1.29 is 16.8 Å². The minimum absolute atomic E-state index is 0.125. The maximum absolute atomic E-state index is 12.7. The van der Waals surface area contributed by atoms with E-state index in [-0.39, 0.29) is 16.3 Å². The normalized spacial score (nSPS) is 18.5. The molecule has 1 aliphatic rings. The molecule has 22 heavy (non-hydrogen) atoms. The lowest BCUT2D eigenvalue weighted by Gasteiger charge is -2.19. The highest BCUT2D eigenvalue weighted by atomic mass is 32.2. The summed E-state index contributed by atoms with van der Waals surface area (Å²) in [5.74, 6) is 0. The van der Waals surface area contributed by atoms with Gasteiger partial charge in [-0.15, -0.1) is 0 Å². The number of nitrogens with two attached hydrogens (primary N) is 1. The van der Waals surface area contributed by atoms with E-state index in [1.807, 2.05) is 0 Å². The van der Waals surface area contributed by atoms with E-state index in [0.717, 1.165) is 12.8 Å². The maximum Gasteiger partial charge on any atom is 0.244 e. The van der Waals surface area contributed by atoms with Gasteiger partial charge in [-0.25, -0.2) is 21.6 Å². The topological polar surface area (TPSA) is 110 Å². The van der Waals surface area contributed by atoms with Crippen LogP contribution in [-0.4, -0.2) is 46.8 Å². The van der Waals surface area contributed by atoms with E-state index >= 15 is 0 Å². The van der Waals surface area contributed by atoms with Crippen molar-refractivity contribution in [2.75, 3.05) is 19.6 Å². The van der Waals surface area contributed by atoms with Crippen LogP contribution in [0.5, 0.6) is 0 Å². The van der Waals surface area contributed by atoms with Crippen molar-refractivity contribution in [3.63, 3.8) is 0 Å². The number of hydrogen-bond donors (Lipinski definition) is 2. The summed E-state index contributed by atoms with van der Waals surface area (Å²) in [5, 5.41) is 0.